The van der Waals surface area contributed by atoms with E-state index in [9.17, 15) is 15.0 Å². The van der Waals surface area contributed by atoms with Crippen LogP contribution in [0.3, 0.4) is 0 Å². The molecule has 5 heteroatoms. The van der Waals surface area contributed by atoms with Gasteiger partial charge >= 0.3 is 11.9 Å². The van der Waals surface area contributed by atoms with Gasteiger partial charge in [0.1, 0.15) is 0 Å². The first-order valence-corrected chi connectivity index (χ1v) is 5.76. The molecule has 0 aliphatic heterocycles. The highest BCUT2D eigenvalue weighted by Crippen LogP contribution is 2.13. The number of carbonyl (C=O) groups excluding carboxylic acids is 1. The van der Waals surface area contributed by atoms with Gasteiger partial charge in [0.05, 0.1) is 12.2 Å². The minimum absolute atomic E-state index is 0.0927. The second kappa shape index (κ2) is 7.42. The van der Waals surface area contributed by atoms with Crippen LogP contribution < -0.4 is 0 Å². The molecule has 17 heavy (non-hydrogen) atoms. The molecular weight excluding hydrogens is 224 g/mol. The van der Waals surface area contributed by atoms with Gasteiger partial charge in [-0.25, -0.2) is 4.79 Å². The van der Waals surface area contributed by atoms with Gasteiger partial charge in [-0.05, 0) is 20.3 Å². The van der Waals surface area contributed by atoms with Crippen molar-refractivity contribution in [3.63, 3.8) is 0 Å². The van der Waals surface area contributed by atoms with Gasteiger partial charge in [0.2, 0.25) is 0 Å². The van der Waals surface area contributed by atoms with E-state index in [1.54, 1.807) is 13.8 Å². The van der Waals surface area contributed by atoms with E-state index < -0.39 is 11.9 Å². The Labute approximate surface area is 102 Å². The van der Waals surface area contributed by atoms with Crippen molar-refractivity contribution in [1.29, 1.82) is 0 Å². The summed E-state index contributed by atoms with van der Waals surface area (Å²) in [5.74, 6) is -3.17. The lowest BCUT2D eigenvalue weighted by atomic mass is 10.1. The molecule has 0 saturated carbocycles. The number of allylic oxidation sites excluding steroid dienone is 1. The van der Waals surface area contributed by atoms with Gasteiger partial charge in [0.15, 0.2) is 0 Å². The Hall–Kier alpha value is -0.910. The molecule has 0 aromatic rings. The van der Waals surface area contributed by atoms with E-state index in [4.69, 9.17) is 4.74 Å². The van der Waals surface area contributed by atoms with Crippen LogP contribution in [0.25, 0.3) is 0 Å². The quantitative estimate of drug-likeness (QED) is 0.307. The summed E-state index contributed by atoms with van der Waals surface area (Å²) >= 11 is 0. The molecule has 0 unspecified atom stereocenters. The molecule has 0 bridgehead atoms. The van der Waals surface area contributed by atoms with Gasteiger partial charge in [-0.2, -0.15) is 0 Å². The largest absolute Gasteiger partial charge is 0.405 e. The van der Waals surface area contributed by atoms with Crippen molar-refractivity contribution >= 4 is 5.97 Å². The molecule has 0 aliphatic rings. The molecule has 5 nitrogen and oxygen atoms in total. The number of ether oxygens (including phenoxy) is 2. The molecule has 0 spiro atoms. The smallest absolute Gasteiger partial charge is 0.340 e. The summed E-state index contributed by atoms with van der Waals surface area (Å²) < 4.78 is 9.83. The monoisotopic (exact) mass is 246 g/mol. The third-order valence-electron chi connectivity index (χ3n) is 2.16. The van der Waals surface area contributed by atoms with Crippen molar-refractivity contribution < 1.29 is 24.5 Å². The molecule has 0 fully saturated rings. The molecule has 2 N–H and O–H groups in total. The van der Waals surface area contributed by atoms with Gasteiger partial charge in [0.25, 0.3) is 0 Å². The SMILES string of the molecule is CCCOCC(C(=O)OC(O)(O)CC)=C(C)C. The van der Waals surface area contributed by atoms with Crippen LogP contribution >= 0.6 is 0 Å². The zero-order valence-corrected chi connectivity index (χ0v) is 10.9. The second-order valence-corrected chi connectivity index (χ2v) is 4.02. The minimum Gasteiger partial charge on any atom is -0.405 e. The van der Waals surface area contributed by atoms with Crippen LogP contribution in [0, 0.1) is 0 Å². The van der Waals surface area contributed by atoms with E-state index in [2.05, 4.69) is 4.74 Å². The maximum Gasteiger partial charge on any atom is 0.340 e. The Balaban J connectivity index is 4.53. The molecule has 0 amide bonds. The third-order valence-corrected chi connectivity index (χ3v) is 2.16. The molecule has 0 radical (unpaired) electrons. The van der Waals surface area contributed by atoms with Gasteiger partial charge in [-0.3, -0.25) is 0 Å². The van der Waals surface area contributed by atoms with Crippen molar-refractivity contribution in [2.75, 3.05) is 13.2 Å². The Bertz CT molecular complexity index is 277. The summed E-state index contributed by atoms with van der Waals surface area (Å²) in [4.78, 5) is 11.7. The standard InChI is InChI=1S/C12H22O5/c1-5-7-16-8-10(9(3)4)11(13)17-12(14,15)6-2/h14-15H,5-8H2,1-4H3. The first-order chi connectivity index (χ1) is 7.84. The fourth-order valence-electron chi connectivity index (χ4n) is 1.01. The molecule has 0 aliphatic carbocycles. The summed E-state index contributed by atoms with van der Waals surface area (Å²) in [5.41, 5.74) is 1.05. The van der Waals surface area contributed by atoms with Crippen LogP contribution in [0.2, 0.25) is 0 Å². The number of hydrogen-bond acceptors (Lipinski definition) is 5. The van der Waals surface area contributed by atoms with Crippen LogP contribution in [0.1, 0.15) is 40.5 Å². The average Bonchev–Trinajstić information content (AvgIpc) is 2.23. The molecular formula is C12H22O5. The molecule has 0 rings (SSSR count). The lowest BCUT2D eigenvalue weighted by Crippen LogP contribution is -2.35. The normalized spacial score (nSPS) is 11.2. The lowest BCUT2D eigenvalue weighted by molar-refractivity contribution is -0.318. The molecule has 0 aromatic heterocycles. The summed E-state index contributed by atoms with van der Waals surface area (Å²) in [6.45, 7) is 7.62. The van der Waals surface area contributed by atoms with E-state index in [1.165, 1.54) is 6.92 Å². The van der Waals surface area contributed by atoms with Crippen LogP contribution in [0.15, 0.2) is 11.1 Å². The van der Waals surface area contributed by atoms with Crippen molar-refractivity contribution in [3.8, 4) is 0 Å². The summed E-state index contributed by atoms with van der Waals surface area (Å²) in [7, 11) is 0. The Kier molecular flexibility index (Phi) is 7.03. The number of rotatable bonds is 7. The number of esters is 1. The van der Waals surface area contributed by atoms with E-state index in [1.807, 2.05) is 6.92 Å². The first kappa shape index (κ1) is 16.1. The maximum atomic E-state index is 11.7. The second-order valence-electron chi connectivity index (χ2n) is 4.02. The fourth-order valence-corrected chi connectivity index (χ4v) is 1.01. The van der Waals surface area contributed by atoms with Crippen LogP contribution in [0.4, 0.5) is 0 Å². The predicted molar refractivity (Wildman–Crippen MR) is 63.0 cm³/mol. The third kappa shape index (κ3) is 6.41. The van der Waals surface area contributed by atoms with E-state index >= 15 is 0 Å². The van der Waals surface area contributed by atoms with Gasteiger partial charge in [-0.1, -0.05) is 19.4 Å². The van der Waals surface area contributed by atoms with Gasteiger partial charge < -0.3 is 19.7 Å². The highest BCUT2D eigenvalue weighted by molar-refractivity contribution is 5.89. The van der Waals surface area contributed by atoms with Crippen LogP contribution in [-0.2, 0) is 14.3 Å². The molecule has 100 valence electrons. The number of aliphatic hydroxyl groups is 2. The summed E-state index contributed by atoms with van der Waals surface area (Å²) in [6, 6.07) is 0. The Morgan fingerprint density at radius 1 is 1.24 bits per heavy atom. The van der Waals surface area contributed by atoms with Crippen LogP contribution in [-0.4, -0.2) is 35.4 Å². The zero-order chi connectivity index (χ0) is 13.5. The van der Waals surface area contributed by atoms with Crippen molar-refractivity contribution in [1.82, 2.24) is 0 Å². The topological polar surface area (TPSA) is 76.0 Å². The minimum atomic E-state index is -2.41. The van der Waals surface area contributed by atoms with E-state index in [0.717, 1.165) is 12.0 Å². The number of carbonyl (C=O) groups is 1. The Morgan fingerprint density at radius 3 is 2.24 bits per heavy atom. The van der Waals surface area contributed by atoms with Crippen LogP contribution in [0.5, 0.6) is 0 Å². The zero-order valence-electron chi connectivity index (χ0n) is 10.9. The first-order valence-electron chi connectivity index (χ1n) is 5.76. The van der Waals surface area contributed by atoms with Gasteiger partial charge in [-0.15, -0.1) is 0 Å². The fraction of sp³-hybridized carbons (Fsp3) is 0.750. The number of hydrogen-bond donors (Lipinski definition) is 2. The predicted octanol–water partition coefficient (Wildman–Crippen LogP) is 1.34. The molecule has 0 heterocycles. The van der Waals surface area contributed by atoms with Gasteiger partial charge in [0, 0.05) is 13.0 Å². The molecule has 0 atom stereocenters. The van der Waals surface area contributed by atoms with Crippen molar-refractivity contribution in [2.24, 2.45) is 0 Å². The maximum absolute atomic E-state index is 11.7. The highest BCUT2D eigenvalue weighted by Gasteiger charge is 2.28. The molecule has 0 saturated heterocycles. The summed E-state index contributed by atoms with van der Waals surface area (Å²) in [6.07, 6.45) is 0.759. The summed E-state index contributed by atoms with van der Waals surface area (Å²) in [5, 5.41) is 18.5. The van der Waals surface area contributed by atoms with Crippen molar-refractivity contribution in [3.05, 3.63) is 11.1 Å². The molecule has 0 aromatic carbocycles. The van der Waals surface area contributed by atoms with Crippen molar-refractivity contribution in [2.45, 2.75) is 46.5 Å². The van der Waals surface area contributed by atoms with E-state index in [-0.39, 0.29) is 13.0 Å². The highest BCUT2D eigenvalue weighted by atomic mass is 16.8. The average molecular weight is 246 g/mol. The lowest BCUT2D eigenvalue weighted by Gasteiger charge is -2.21. The Morgan fingerprint density at radius 2 is 1.82 bits per heavy atom. The van der Waals surface area contributed by atoms with E-state index in [0.29, 0.717) is 12.2 Å².